The fourth-order valence-corrected chi connectivity index (χ4v) is 3.53. The molecule has 1 aromatic heterocycles. The van der Waals surface area contributed by atoms with Crippen LogP contribution in [0.1, 0.15) is 19.8 Å². The van der Waals surface area contributed by atoms with Crippen LogP contribution in [-0.2, 0) is 0 Å². The van der Waals surface area contributed by atoms with Gasteiger partial charge in [-0.25, -0.2) is 9.78 Å². The normalized spacial score (nSPS) is 13.2. The second kappa shape index (κ2) is 9.26. The molecule has 0 unspecified atom stereocenters. The number of hydrogen-bond donors (Lipinski definition) is 2. The van der Waals surface area contributed by atoms with Crippen LogP contribution in [0.2, 0.25) is 0 Å². The fourth-order valence-electron chi connectivity index (χ4n) is 3.53. The summed E-state index contributed by atoms with van der Waals surface area (Å²) in [6.45, 7) is 4.53. The minimum atomic E-state index is -0.310. The van der Waals surface area contributed by atoms with Crippen LogP contribution in [-0.4, -0.2) is 35.7 Å². The molecule has 1 aliphatic heterocycles. The van der Waals surface area contributed by atoms with Crippen molar-refractivity contribution in [2.24, 2.45) is 0 Å². The van der Waals surface area contributed by atoms with E-state index in [0.717, 1.165) is 35.9 Å². The number of rotatable bonds is 6. The standard InChI is InChI=1S/C23H25N5O2/c1-2-30-20-10-8-18(9-11-20)26-23(29)27-19-7-5-6-17(16-19)21-22(25-13-12-24-21)28-14-3-4-15-28/h5-13,16H,2-4,14-15H2,1H3,(H2,26,27,29). The highest BCUT2D eigenvalue weighted by Crippen LogP contribution is 2.30. The molecule has 0 spiro atoms. The molecule has 1 aliphatic rings. The van der Waals surface area contributed by atoms with Crippen molar-refractivity contribution in [2.75, 3.05) is 35.2 Å². The van der Waals surface area contributed by atoms with E-state index in [1.54, 1.807) is 12.4 Å². The third kappa shape index (κ3) is 4.68. The summed E-state index contributed by atoms with van der Waals surface area (Å²) < 4.78 is 5.42. The molecule has 30 heavy (non-hydrogen) atoms. The smallest absolute Gasteiger partial charge is 0.323 e. The Morgan fingerprint density at radius 2 is 1.73 bits per heavy atom. The Kier molecular flexibility index (Phi) is 6.08. The van der Waals surface area contributed by atoms with Gasteiger partial charge in [0.2, 0.25) is 0 Å². The van der Waals surface area contributed by atoms with Gasteiger partial charge in [0.25, 0.3) is 0 Å². The first-order valence-corrected chi connectivity index (χ1v) is 10.2. The average molecular weight is 403 g/mol. The van der Waals surface area contributed by atoms with E-state index in [0.29, 0.717) is 18.0 Å². The number of anilines is 3. The Morgan fingerprint density at radius 3 is 2.50 bits per heavy atom. The van der Waals surface area contributed by atoms with Crippen LogP contribution in [0.3, 0.4) is 0 Å². The van der Waals surface area contributed by atoms with Crippen LogP contribution in [0, 0.1) is 0 Å². The topological polar surface area (TPSA) is 79.4 Å². The molecule has 0 aliphatic carbocycles. The van der Waals surface area contributed by atoms with Crippen LogP contribution in [0.15, 0.2) is 60.9 Å². The number of benzene rings is 2. The summed E-state index contributed by atoms with van der Waals surface area (Å²) in [5, 5.41) is 5.72. The molecule has 1 saturated heterocycles. The SMILES string of the molecule is CCOc1ccc(NC(=O)Nc2cccc(-c3nccnc3N3CCCC3)c2)cc1. The van der Waals surface area contributed by atoms with Gasteiger partial charge in [-0.1, -0.05) is 12.1 Å². The number of nitrogens with one attached hydrogen (secondary N) is 2. The van der Waals surface area contributed by atoms with E-state index in [4.69, 9.17) is 4.74 Å². The summed E-state index contributed by atoms with van der Waals surface area (Å²) in [7, 11) is 0. The molecule has 2 heterocycles. The molecule has 154 valence electrons. The van der Waals surface area contributed by atoms with Gasteiger partial charge in [0.05, 0.1) is 6.61 Å². The zero-order valence-electron chi connectivity index (χ0n) is 17.0. The van der Waals surface area contributed by atoms with E-state index in [1.807, 2.05) is 55.5 Å². The van der Waals surface area contributed by atoms with E-state index in [-0.39, 0.29) is 6.03 Å². The van der Waals surface area contributed by atoms with Gasteiger partial charge < -0.3 is 20.3 Å². The van der Waals surface area contributed by atoms with Crippen molar-refractivity contribution in [3.63, 3.8) is 0 Å². The molecule has 2 amide bonds. The number of urea groups is 1. The summed E-state index contributed by atoms with van der Waals surface area (Å²) in [4.78, 5) is 23.8. The molecule has 3 aromatic rings. The van der Waals surface area contributed by atoms with Crippen molar-refractivity contribution in [3.05, 3.63) is 60.9 Å². The van der Waals surface area contributed by atoms with Gasteiger partial charge in [-0.2, -0.15) is 0 Å². The largest absolute Gasteiger partial charge is 0.494 e. The van der Waals surface area contributed by atoms with Gasteiger partial charge in [-0.3, -0.25) is 4.98 Å². The van der Waals surface area contributed by atoms with Crippen molar-refractivity contribution >= 4 is 23.2 Å². The Bertz CT molecular complexity index is 1000. The summed E-state index contributed by atoms with van der Waals surface area (Å²) in [6.07, 6.45) is 5.77. The van der Waals surface area contributed by atoms with E-state index >= 15 is 0 Å². The Morgan fingerprint density at radius 1 is 1.00 bits per heavy atom. The zero-order valence-corrected chi connectivity index (χ0v) is 17.0. The van der Waals surface area contributed by atoms with Crippen molar-refractivity contribution in [3.8, 4) is 17.0 Å². The van der Waals surface area contributed by atoms with Gasteiger partial charge in [-0.05, 0) is 56.2 Å². The van der Waals surface area contributed by atoms with Gasteiger partial charge in [-0.15, -0.1) is 0 Å². The Balaban J connectivity index is 1.47. The lowest BCUT2D eigenvalue weighted by Gasteiger charge is -2.19. The van der Waals surface area contributed by atoms with E-state index < -0.39 is 0 Å². The molecule has 1 fully saturated rings. The predicted octanol–water partition coefficient (Wildman–Crippen LogP) is 4.79. The minimum absolute atomic E-state index is 0.310. The van der Waals surface area contributed by atoms with Crippen LogP contribution in [0.4, 0.5) is 22.0 Å². The Hall–Kier alpha value is -3.61. The molecule has 2 aromatic carbocycles. The summed E-state index contributed by atoms with van der Waals surface area (Å²) in [6, 6.07) is 14.6. The predicted molar refractivity (Wildman–Crippen MR) is 119 cm³/mol. The molecule has 0 saturated carbocycles. The van der Waals surface area contributed by atoms with Crippen molar-refractivity contribution in [1.29, 1.82) is 0 Å². The molecular weight excluding hydrogens is 378 g/mol. The fraction of sp³-hybridized carbons (Fsp3) is 0.261. The van der Waals surface area contributed by atoms with Gasteiger partial charge in [0.1, 0.15) is 11.4 Å². The number of hydrogen-bond acceptors (Lipinski definition) is 5. The monoisotopic (exact) mass is 403 g/mol. The quantitative estimate of drug-likeness (QED) is 0.619. The van der Waals surface area contributed by atoms with Crippen LogP contribution < -0.4 is 20.3 Å². The second-order valence-electron chi connectivity index (χ2n) is 7.04. The Labute approximate surface area is 176 Å². The zero-order chi connectivity index (χ0) is 20.8. The third-order valence-corrected chi connectivity index (χ3v) is 4.90. The van der Waals surface area contributed by atoms with Crippen LogP contribution >= 0.6 is 0 Å². The summed E-state index contributed by atoms with van der Waals surface area (Å²) in [5.74, 6) is 1.67. The lowest BCUT2D eigenvalue weighted by atomic mass is 10.1. The van der Waals surface area contributed by atoms with Gasteiger partial charge in [0, 0.05) is 42.4 Å². The highest BCUT2D eigenvalue weighted by atomic mass is 16.5. The van der Waals surface area contributed by atoms with E-state index in [1.165, 1.54) is 12.8 Å². The lowest BCUT2D eigenvalue weighted by Crippen LogP contribution is -2.20. The van der Waals surface area contributed by atoms with E-state index in [9.17, 15) is 4.79 Å². The molecule has 7 nitrogen and oxygen atoms in total. The van der Waals surface area contributed by atoms with Gasteiger partial charge in [0.15, 0.2) is 5.82 Å². The first-order valence-electron chi connectivity index (χ1n) is 10.2. The maximum atomic E-state index is 12.4. The molecule has 2 N–H and O–H groups in total. The maximum Gasteiger partial charge on any atom is 0.323 e. The highest BCUT2D eigenvalue weighted by Gasteiger charge is 2.19. The number of aromatic nitrogens is 2. The first-order chi connectivity index (χ1) is 14.7. The molecular formula is C23H25N5O2. The first kappa shape index (κ1) is 19.7. The third-order valence-electron chi connectivity index (χ3n) is 4.90. The number of carbonyl (C=O) groups is 1. The van der Waals surface area contributed by atoms with Crippen molar-refractivity contribution < 1.29 is 9.53 Å². The average Bonchev–Trinajstić information content (AvgIpc) is 3.30. The summed E-state index contributed by atoms with van der Waals surface area (Å²) in [5.41, 5.74) is 3.13. The van der Waals surface area contributed by atoms with Crippen molar-refractivity contribution in [2.45, 2.75) is 19.8 Å². The second-order valence-corrected chi connectivity index (χ2v) is 7.04. The minimum Gasteiger partial charge on any atom is -0.494 e. The highest BCUT2D eigenvalue weighted by molar-refractivity contribution is 6.00. The number of ether oxygens (including phenoxy) is 1. The number of amides is 2. The number of nitrogens with zero attached hydrogens (tertiary/aromatic N) is 3. The van der Waals surface area contributed by atoms with Gasteiger partial charge >= 0.3 is 6.03 Å². The maximum absolute atomic E-state index is 12.4. The lowest BCUT2D eigenvalue weighted by molar-refractivity contribution is 0.262. The molecule has 0 bridgehead atoms. The molecule has 0 atom stereocenters. The van der Waals surface area contributed by atoms with Crippen LogP contribution in [0.25, 0.3) is 11.3 Å². The van der Waals surface area contributed by atoms with Crippen LogP contribution in [0.5, 0.6) is 5.75 Å². The molecule has 4 rings (SSSR count). The summed E-state index contributed by atoms with van der Waals surface area (Å²) >= 11 is 0. The van der Waals surface area contributed by atoms with E-state index in [2.05, 4.69) is 25.5 Å². The van der Waals surface area contributed by atoms with Crippen molar-refractivity contribution in [1.82, 2.24) is 9.97 Å². The number of carbonyl (C=O) groups excluding carboxylic acids is 1. The molecule has 7 heteroatoms. The molecule has 0 radical (unpaired) electrons.